The SMILES string of the molecule is CCCCC/C=C\C/C=C\CCCCCCCCCC(=O)O[C@@H]1COC(=O)CCCC=CC[C@H]2C(=O)C[C@@H](O)[C@H](/C=C/[C@@H](O)CCCCC)[C@H](O)[C@H](O)[C@@H](COP(=O)(O)OP(=O)(O)OC1)O[C@H]2n1ccc(N)nc1=O. The number of nitrogens with two attached hydrogens (primary N) is 1. The second-order valence-corrected chi connectivity index (χ2v) is 22.2. The molecule has 2 unspecified atom stereocenters. The van der Waals surface area contributed by atoms with Gasteiger partial charge in [-0.2, -0.15) is 9.29 Å². The van der Waals surface area contributed by atoms with Crippen LogP contribution < -0.4 is 11.4 Å². The molecule has 2 bridgehead atoms. The molecule has 2 aliphatic rings. The molecule has 1 saturated heterocycles. The molecule has 1 fully saturated rings. The van der Waals surface area contributed by atoms with E-state index in [-0.39, 0.29) is 37.9 Å². The molecule has 0 aliphatic carbocycles. The van der Waals surface area contributed by atoms with Gasteiger partial charge in [0.1, 0.15) is 36.6 Å². The number of aromatic nitrogens is 2. The monoisotopic (exact) mass is 1100 g/mol. The predicted molar refractivity (Wildman–Crippen MR) is 280 cm³/mol. The van der Waals surface area contributed by atoms with Crippen LogP contribution in [0.25, 0.3) is 0 Å². The van der Waals surface area contributed by atoms with Crippen molar-refractivity contribution in [1.82, 2.24) is 9.55 Å². The maximum Gasteiger partial charge on any atom is 0.481 e. The molecule has 0 aromatic carbocycles. The first-order valence-corrected chi connectivity index (χ1v) is 29.7. The zero-order chi connectivity index (χ0) is 55.1. The lowest BCUT2D eigenvalue weighted by molar-refractivity contribution is -0.183. The molecule has 1 aromatic rings. The van der Waals surface area contributed by atoms with Crippen LogP contribution in [0, 0.1) is 11.8 Å². The smallest absolute Gasteiger partial charge is 0.462 e. The van der Waals surface area contributed by atoms with E-state index in [1.165, 1.54) is 37.5 Å². The topological polar surface area (TPSA) is 323 Å². The number of esters is 2. The standard InChI is InChI=1S/C52H85N3O18P2/c1-3-5-7-8-9-10-11-12-13-14-15-16-17-18-19-20-26-30-48(60)71-40-36-68-47(59)29-25-22-21-24-28-42-44(58)35-43(57)41(32-31-39(56)27-23-6-4-2)49(61)50(62)45(38-70-75(66,67)73-74(64,65)69-37-40)72-51(42)55-34-33-46(53)54-52(55)63/h9-10,12-13,21,24,31-34,39-43,45,49-51,56-57,61-62H,3-8,11,14-20,22-23,25-30,35-38H2,1-2H3,(H,64,65)(H,66,67)(H2,53,54,63)/b10-9-,13-12-,24-21?,32-31+/t39-,40+,41-,42-,43+,45+,49-,50+,51+/m0/s1. The van der Waals surface area contributed by atoms with Gasteiger partial charge in [-0.05, 0) is 70.3 Å². The molecule has 3 heterocycles. The highest BCUT2D eigenvalue weighted by Gasteiger charge is 2.45. The zero-order valence-electron chi connectivity index (χ0n) is 43.8. The lowest BCUT2D eigenvalue weighted by Gasteiger charge is -2.38. The van der Waals surface area contributed by atoms with E-state index in [0.717, 1.165) is 81.4 Å². The summed E-state index contributed by atoms with van der Waals surface area (Å²) < 4.78 is 58.9. The number of phosphoric ester groups is 2. The van der Waals surface area contributed by atoms with E-state index in [1.54, 1.807) is 12.2 Å². The first-order chi connectivity index (χ1) is 35.9. The van der Waals surface area contributed by atoms with Gasteiger partial charge in [0, 0.05) is 31.4 Å². The number of cyclic esters (lactones) is 1. The number of allylic oxidation sites excluding steroid dienone is 6. The van der Waals surface area contributed by atoms with E-state index in [9.17, 15) is 58.5 Å². The third-order valence-corrected chi connectivity index (χ3v) is 15.3. The quantitative estimate of drug-likeness (QED) is 0.0224. The fraction of sp³-hybridized carbons (Fsp3) is 0.712. The number of Topliss-reactive ketones (excluding diaryl/α,β-unsaturated/α-hetero) is 1. The predicted octanol–water partition coefficient (Wildman–Crippen LogP) is 7.92. The van der Waals surface area contributed by atoms with Crippen molar-refractivity contribution in [2.45, 2.75) is 204 Å². The lowest BCUT2D eigenvalue weighted by Crippen LogP contribution is -2.51. The van der Waals surface area contributed by atoms with Crippen LogP contribution in [0.3, 0.4) is 0 Å². The third-order valence-electron chi connectivity index (χ3n) is 12.7. The van der Waals surface area contributed by atoms with Crippen LogP contribution in [0.2, 0.25) is 0 Å². The first kappa shape index (κ1) is 65.6. The molecule has 0 spiro atoms. The Hall–Kier alpha value is -3.69. The number of carbonyl (C=O) groups is 3. The Balaban J connectivity index is 1.76. The Morgan fingerprint density at radius 2 is 1.49 bits per heavy atom. The molecule has 1 aromatic heterocycles. The minimum absolute atomic E-state index is 0.0147. The number of ketones is 1. The summed E-state index contributed by atoms with van der Waals surface area (Å²) in [5.74, 6) is -5.17. The van der Waals surface area contributed by atoms with Gasteiger partial charge in [-0.15, -0.1) is 0 Å². The van der Waals surface area contributed by atoms with Crippen molar-refractivity contribution in [2.24, 2.45) is 11.8 Å². The fourth-order valence-electron chi connectivity index (χ4n) is 8.45. The molecule has 8 N–H and O–H groups in total. The Labute approximate surface area is 441 Å². The van der Waals surface area contributed by atoms with E-state index in [1.807, 2.05) is 6.92 Å². The number of phosphoric acid groups is 2. The molecule has 11 atom stereocenters. The van der Waals surface area contributed by atoms with Gasteiger partial charge in [-0.25, -0.2) is 13.9 Å². The highest BCUT2D eigenvalue weighted by molar-refractivity contribution is 7.61. The van der Waals surface area contributed by atoms with Gasteiger partial charge in [0.25, 0.3) is 0 Å². The molecule has 0 amide bonds. The van der Waals surface area contributed by atoms with E-state index < -0.39 is 120 Å². The van der Waals surface area contributed by atoms with E-state index in [0.29, 0.717) is 19.3 Å². The Morgan fingerprint density at radius 1 is 0.853 bits per heavy atom. The number of carbonyl (C=O) groups excluding carboxylic acids is 3. The van der Waals surface area contributed by atoms with Crippen molar-refractivity contribution in [3.8, 4) is 0 Å². The number of hydrogen-bond donors (Lipinski definition) is 7. The largest absolute Gasteiger partial charge is 0.481 e. The molecule has 426 valence electrons. The number of rotatable bonds is 24. The third kappa shape index (κ3) is 27.0. The van der Waals surface area contributed by atoms with Crippen LogP contribution in [0.5, 0.6) is 0 Å². The number of nitrogen functional groups attached to an aromatic ring is 1. The summed E-state index contributed by atoms with van der Waals surface area (Å²) in [6.45, 7) is 1.40. The van der Waals surface area contributed by atoms with Crippen LogP contribution in [0.4, 0.5) is 5.82 Å². The Morgan fingerprint density at radius 3 is 2.17 bits per heavy atom. The number of unbranched alkanes of at least 4 members (excludes halogenated alkanes) is 12. The van der Waals surface area contributed by atoms with Gasteiger partial charge in [0.2, 0.25) is 0 Å². The zero-order valence-corrected chi connectivity index (χ0v) is 45.6. The molecular weight excluding hydrogens is 1020 g/mol. The van der Waals surface area contributed by atoms with Gasteiger partial charge in [-0.3, -0.25) is 28.0 Å². The molecule has 75 heavy (non-hydrogen) atoms. The second-order valence-electron chi connectivity index (χ2n) is 19.2. The Bertz CT molecular complexity index is 2120. The summed E-state index contributed by atoms with van der Waals surface area (Å²) >= 11 is 0. The van der Waals surface area contributed by atoms with Crippen LogP contribution >= 0.6 is 15.6 Å². The highest BCUT2D eigenvalue weighted by atomic mass is 31.3. The van der Waals surface area contributed by atoms with E-state index in [4.69, 9.17) is 29.0 Å². The van der Waals surface area contributed by atoms with Crippen molar-refractivity contribution in [3.63, 3.8) is 0 Å². The number of aliphatic hydroxyl groups excluding tert-OH is 4. The van der Waals surface area contributed by atoms with Crippen LogP contribution in [0.15, 0.2) is 65.7 Å². The van der Waals surface area contributed by atoms with Crippen LogP contribution in [-0.2, 0) is 51.1 Å². The van der Waals surface area contributed by atoms with Gasteiger partial charge < -0.3 is 50.2 Å². The maximum absolute atomic E-state index is 14.3. The number of ether oxygens (including phenoxy) is 3. The number of fused-ring (bicyclic) bond motifs is 3. The van der Waals surface area contributed by atoms with Crippen molar-refractivity contribution in [3.05, 3.63) is 71.4 Å². The van der Waals surface area contributed by atoms with E-state index in [2.05, 4.69) is 40.5 Å². The van der Waals surface area contributed by atoms with Gasteiger partial charge in [0.15, 0.2) is 6.10 Å². The average molecular weight is 1100 g/mol. The molecule has 23 heteroatoms. The number of anilines is 1. The molecule has 2 aliphatic heterocycles. The molecule has 3 rings (SSSR count). The van der Waals surface area contributed by atoms with E-state index >= 15 is 0 Å². The molecule has 0 saturated carbocycles. The molecule has 21 nitrogen and oxygen atoms in total. The lowest BCUT2D eigenvalue weighted by atomic mass is 9.83. The van der Waals surface area contributed by atoms with Gasteiger partial charge in [0.05, 0.1) is 37.4 Å². The van der Waals surface area contributed by atoms with Crippen molar-refractivity contribution in [1.29, 1.82) is 0 Å². The fourth-order valence-corrected chi connectivity index (χ4v) is 10.6. The molecule has 0 radical (unpaired) electrons. The minimum Gasteiger partial charge on any atom is -0.462 e. The minimum atomic E-state index is -5.73. The van der Waals surface area contributed by atoms with Gasteiger partial charge in [-0.1, -0.05) is 127 Å². The van der Waals surface area contributed by atoms with Crippen molar-refractivity contribution >= 4 is 39.2 Å². The normalized spacial score (nSPS) is 28.9. The number of nitrogens with zero attached hydrogens (tertiary/aromatic N) is 2. The number of hydrogen-bond acceptors (Lipinski definition) is 18. The highest BCUT2D eigenvalue weighted by Crippen LogP contribution is 2.60. The summed E-state index contributed by atoms with van der Waals surface area (Å²) in [6, 6.07) is 1.21. The Kier molecular flexibility index (Phi) is 31.8. The molecular formula is C52H85N3O18P2. The average Bonchev–Trinajstić information content (AvgIpc) is 3.35. The van der Waals surface area contributed by atoms with Gasteiger partial charge >= 0.3 is 33.3 Å². The summed E-state index contributed by atoms with van der Waals surface area (Å²) in [7, 11) is -11.3. The van der Waals surface area contributed by atoms with Crippen LogP contribution in [-0.4, -0.2) is 114 Å². The summed E-state index contributed by atoms with van der Waals surface area (Å²) in [5, 5.41) is 45.5. The van der Waals surface area contributed by atoms with Crippen molar-refractivity contribution < 1.29 is 81.3 Å². The van der Waals surface area contributed by atoms with Crippen LogP contribution in [0.1, 0.15) is 168 Å². The maximum atomic E-state index is 14.3. The number of aliphatic hydroxyl groups is 4. The summed E-state index contributed by atoms with van der Waals surface area (Å²) in [6.07, 6.45) is 19.2. The summed E-state index contributed by atoms with van der Waals surface area (Å²) in [4.78, 5) is 78.5. The van der Waals surface area contributed by atoms with Crippen molar-refractivity contribution in [2.75, 3.05) is 25.6 Å². The summed E-state index contributed by atoms with van der Waals surface area (Å²) in [5.41, 5.74) is 4.72. The second kappa shape index (κ2) is 36.4. The first-order valence-electron chi connectivity index (χ1n) is 26.8.